The van der Waals surface area contributed by atoms with Gasteiger partial charge in [-0.3, -0.25) is 0 Å². The van der Waals surface area contributed by atoms with E-state index in [0.717, 1.165) is 19.1 Å². The molecule has 16 heavy (non-hydrogen) atoms. The first kappa shape index (κ1) is 14.3. The molecule has 0 bridgehead atoms. The van der Waals surface area contributed by atoms with Crippen LogP contribution in [0.5, 0.6) is 0 Å². The number of thioether (sulfide) groups is 1. The highest BCUT2D eigenvalue weighted by Gasteiger charge is 2.17. The molecule has 1 aliphatic rings. The third kappa shape index (κ3) is 6.12. The van der Waals surface area contributed by atoms with E-state index < -0.39 is 0 Å². The normalized spacial score (nSPS) is 21.9. The van der Waals surface area contributed by atoms with Gasteiger partial charge < -0.3 is 10.1 Å². The predicted octanol–water partition coefficient (Wildman–Crippen LogP) is 2.92. The van der Waals surface area contributed by atoms with E-state index in [1.807, 2.05) is 11.8 Å². The van der Waals surface area contributed by atoms with Crippen molar-refractivity contribution in [3.8, 4) is 0 Å². The lowest BCUT2D eigenvalue weighted by Gasteiger charge is -2.27. The molecule has 0 aromatic heterocycles. The monoisotopic (exact) mass is 245 g/mol. The lowest BCUT2D eigenvalue weighted by atomic mass is 9.93. The van der Waals surface area contributed by atoms with Crippen molar-refractivity contribution in [2.45, 2.75) is 51.6 Å². The molecular weight excluding hydrogens is 218 g/mol. The van der Waals surface area contributed by atoms with Crippen molar-refractivity contribution in [3.05, 3.63) is 0 Å². The third-order valence-electron chi connectivity index (χ3n) is 3.35. The Hall–Kier alpha value is 0.270. The van der Waals surface area contributed by atoms with Crippen molar-refractivity contribution in [1.82, 2.24) is 5.32 Å². The minimum absolute atomic E-state index is 0.653. The van der Waals surface area contributed by atoms with Crippen LogP contribution in [0.1, 0.15) is 39.5 Å². The quantitative estimate of drug-likeness (QED) is 0.745. The molecule has 96 valence electrons. The van der Waals surface area contributed by atoms with E-state index in [0.29, 0.717) is 12.1 Å². The number of rotatable bonds is 7. The van der Waals surface area contributed by atoms with Crippen molar-refractivity contribution in [3.63, 3.8) is 0 Å². The smallest absolute Gasteiger partial charge is 0.0468 e. The van der Waals surface area contributed by atoms with Gasteiger partial charge in [-0.25, -0.2) is 0 Å². The second-order valence-corrected chi connectivity index (χ2v) is 6.03. The SMILES string of the molecule is CSCCC(C)NC(C)CC1CCOCC1. The van der Waals surface area contributed by atoms with Crippen LogP contribution in [-0.4, -0.2) is 37.3 Å². The summed E-state index contributed by atoms with van der Waals surface area (Å²) >= 11 is 1.94. The first-order chi connectivity index (χ1) is 7.72. The first-order valence-corrected chi connectivity index (χ1v) is 7.94. The highest BCUT2D eigenvalue weighted by molar-refractivity contribution is 7.98. The Balaban J connectivity index is 2.11. The van der Waals surface area contributed by atoms with E-state index in [1.54, 1.807) is 0 Å². The number of ether oxygens (including phenoxy) is 1. The largest absolute Gasteiger partial charge is 0.381 e. The third-order valence-corrected chi connectivity index (χ3v) is 4.00. The molecule has 2 unspecified atom stereocenters. The van der Waals surface area contributed by atoms with Crippen LogP contribution < -0.4 is 5.32 Å². The summed E-state index contributed by atoms with van der Waals surface area (Å²) in [6.07, 6.45) is 7.28. The summed E-state index contributed by atoms with van der Waals surface area (Å²) in [5, 5.41) is 3.71. The summed E-state index contributed by atoms with van der Waals surface area (Å²) in [4.78, 5) is 0. The summed E-state index contributed by atoms with van der Waals surface area (Å²) in [7, 11) is 0. The van der Waals surface area contributed by atoms with E-state index in [4.69, 9.17) is 4.74 Å². The molecule has 2 atom stereocenters. The maximum atomic E-state index is 5.39. The maximum Gasteiger partial charge on any atom is 0.0468 e. The highest BCUT2D eigenvalue weighted by atomic mass is 32.2. The Morgan fingerprint density at radius 1 is 1.25 bits per heavy atom. The Bertz CT molecular complexity index is 171. The van der Waals surface area contributed by atoms with Gasteiger partial charge in [-0.1, -0.05) is 0 Å². The molecule has 0 saturated carbocycles. The van der Waals surface area contributed by atoms with Gasteiger partial charge in [-0.05, 0) is 57.5 Å². The van der Waals surface area contributed by atoms with Gasteiger partial charge in [0.2, 0.25) is 0 Å². The van der Waals surface area contributed by atoms with Crippen LogP contribution in [0.4, 0.5) is 0 Å². The fourth-order valence-electron chi connectivity index (χ4n) is 2.41. The van der Waals surface area contributed by atoms with E-state index in [2.05, 4.69) is 25.4 Å². The second-order valence-electron chi connectivity index (χ2n) is 5.04. The Morgan fingerprint density at radius 2 is 1.94 bits per heavy atom. The van der Waals surface area contributed by atoms with Crippen molar-refractivity contribution < 1.29 is 4.74 Å². The van der Waals surface area contributed by atoms with Crippen LogP contribution in [-0.2, 0) is 4.74 Å². The van der Waals surface area contributed by atoms with Gasteiger partial charge in [0.25, 0.3) is 0 Å². The Labute approximate surface area is 105 Å². The summed E-state index contributed by atoms with van der Waals surface area (Å²) in [5.41, 5.74) is 0. The minimum atomic E-state index is 0.653. The molecule has 1 heterocycles. The van der Waals surface area contributed by atoms with E-state index in [1.165, 1.54) is 31.4 Å². The fourth-order valence-corrected chi connectivity index (χ4v) is 3.00. The van der Waals surface area contributed by atoms with Gasteiger partial charge in [0.1, 0.15) is 0 Å². The lowest BCUT2D eigenvalue weighted by molar-refractivity contribution is 0.0608. The average Bonchev–Trinajstić information content (AvgIpc) is 2.27. The maximum absolute atomic E-state index is 5.39. The number of nitrogens with one attached hydrogen (secondary N) is 1. The predicted molar refractivity (Wildman–Crippen MR) is 73.2 cm³/mol. The zero-order valence-electron chi connectivity index (χ0n) is 11.0. The van der Waals surface area contributed by atoms with Crippen molar-refractivity contribution >= 4 is 11.8 Å². The van der Waals surface area contributed by atoms with Crippen LogP contribution in [0.25, 0.3) is 0 Å². The average molecular weight is 245 g/mol. The Kier molecular flexibility index (Phi) is 7.50. The van der Waals surface area contributed by atoms with Gasteiger partial charge in [0.05, 0.1) is 0 Å². The van der Waals surface area contributed by atoms with E-state index in [9.17, 15) is 0 Å². The van der Waals surface area contributed by atoms with Gasteiger partial charge >= 0.3 is 0 Å². The van der Waals surface area contributed by atoms with Crippen LogP contribution in [0, 0.1) is 5.92 Å². The van der Waals surface area contributed by atoms with E-state index in [-0.39, 0.29) is 0 Å². The molecular formula is C13H27NOS. The lowest BCUT2D eigenvalue weighted by Crippen LogP contribution is -2.36. The zero-order valence-corrected chi connectivity index (χ0v) is 11.8. The molecule has 0 aliphatic carbocycles. The Morgan fingerprint density at radius 3 is 2.56 bits per heavy atom. The molecule has 1 N–H and O–H groups in total. The molecule has 1 rings (SSSR count). The highest BCUT2D eigenvalue weighted by Crippen LogP contribution is 2.20. The molecule has 0 aromatic rings. The number of hydrogen-bond donors (Lipinski definition) is 1. The molecule has 2 nitrogen and oxygen atoms in total. The first-order valence-electron chi connectivity index (χ1n) is 6.55. The topological polar surface area (TPSA) is 21.3 Å². The van der Waals surface area contributed by atoms with Crippen molar-refractivity contribution in [2.75, 3.05) is 25.2 Å². The van der Waals surface area contributed by atoms with Crippen LogP contribution in [0.15, 0.2) is 0 Å². The van der Waals surface area contributed by atoms with Gasteiger partial charge in [-0.15, -0.1) is 0 Å². The molecule has 1 aliphatic heterocycles. The molecule has 0 amide bonds. The van der Waals surface area contributed by atoms with Crippen LogP contribution >= 0.6 is 11.8 Å². The standard InChI is InChI=1S/C13H27NOS/c1-11(6-9-16-3)14-12(2)10-13-4-7-15-8-5-13/h11-14H,4-10H2,1-3H3. The molecule has 1 fully saturated rings. The van der Waals surface area contributed by atoms with Gasteiger partial charge in [0.15, 0.2) is 0 Å². The van der Waals surface area contributed by atoms with Crippen molar-refractivity contribution in [1.29, 1.82) is 0 Å². The molecule has 3 heteroatoms. The number of hydrogen-bond acceptors (Lipinski definition) is 3. The molecule has 0 aromatic carbocycles. The van der Waals surface area contributed by atoms with Gasteiger partial charge in [0, 0.05) is 25.3 Å². The molecule has 0 radical (unpaired) electrons. The minimum Gasteiger partial charge on any atom is -0.381 e. The van der Waals surface area contributed by atoms with Gasteiger partial charge in [-0.2, -0.15) is 11.8 Å². The fraction of sp³-hybridized carbons (Fsp3) is 1.00. The second kappa shape index (κ2) is 8.37. The van der Waals surface area contributed by atoms with Crippen LogP contribution in [0.2, 0.25) is 0 Å². The molecule has 1 saturated heterocycles. The summed E-state index contributed by atoms with van der Waals surface area (Å²) in [6, 6.07) is 1.31. The zero-order chi connectivity index (χ0) is 11.8. The summed E-state index contributed by atoms with van der Waals surface area (Å²) in [5.74, 6) is 2.14. The molecule has 0 spiro atoms. The summed E-state index contributed by atoms with van der Waals surface area (Å²) < 4.78 is 5.39. The van der Waals surface area contributed by atoms with Crippen LogP contribution in [0.3, 0.4) is 0 Å². The van der Waals surface area contributed by atoms with Crippen molar-refractivity contribution in [2.24, 2.45) is 5.92 Å². The van der Waals surface area contributed by atoms with E-state index >= 15 is 0 Å². The summed E-state index contributed by atoms with van der Waals surface area (Å²) in [6.45, 7) is 6.57.